The van der Waals surface area contributed by atoms with Gasteiger partial charge in [0.25, 0.3) is 0 Å². The molecule has 2 N–H and O–H groups in total. The van der Waals surface area contributed by atoms with E-state index < -0.39 is 0 Å². The molecule has 0 aliphatic heterocycles. The number of rotatable bonds is 5. The Labute approximate surface area is 127 Å². The van der Waals surface area contributed by atoms with Crippen LogP contribution < -0.4 is 5.73 Å². The molecule has 2 aromatic carbocycles. The van der Waals surface area contributed by atoms with Gasteiger partial charge in [0.2, 0.25) is 0 Å². The lowest BCUT2D eigenvalue weighted by Crippen LogP contribution is -2.22. The molecular weight excluding hydrogens is 318 g/mol. The van der Waals surface area contributed by atoms with Crippen molar-refractivity contribution in [3.05, 3.63) is 70.2 Å². The Bertz CT molecular complexity index is 513. The topological polar surface area (TPSA) is 26.0 Å². The molecule has 19 heavy (non-hydrogen) atoms. The number of halogens is 1. The van der Waals surface area contributed by atoms with E-state index in [-0.39, 0.29) is 6.04 Å². The maximum atomic E-state index is 6.15. The Morgan fingerprint density at radius 3 is 2.47 bits per heavy atom. The van der Waals surface area contributed by atoms with E-state index in [1.165, 1.54) is 11.1 Å². The molecule has 0 amide bonds. The van der Waals surface area contributed by atoms with Crippen molar-refractivity contribution in [1.82, 2.24) is 0 Å². The number of hydrogen-bond donors (Lipinski definition) is 1. The van der Waals surface area contributed by atoms with Crippen LogP contribution in [0.4, 0.5) is 0 Å². The van der Waals surface area contributed by atoms with Gasteiger partial charge in [-0.15, -0.1) is 11.8 Å². The summed E-state index contributed by atoms with van der Waals surface area (Å²) < 4.78 is 1.11. The van der Waals surface area contributed by atoms with Crippen LogP contribution in [0.1, 0.15) is 23.3 Å². The van der Waals surface area contributed by atoms with Crippen LogP contribution in [0.5, 0.6) is 0 Å². The third-order valence-electron chi connectivity index (χ3n) is 2.93. The highest BCUT2D eigenvalue weighted by atomic mass is 79.9. The third kappa shape index (κ3) is 4.37. The first-order valence-corrected chi connectivity index (χ1v) is 8.17. The number of hydrogen-bond acceptors (Lipinski definition) is 2. The zero-order chi connectivity index (χ0) is 13.7. The standard InChI is InChI=1S/C16H18BrNS/c1-12(18)16(14-8-5-9-15(17)10-14)19-11-13-6-3-2-4-7-13/h2-10,12,16H,11,18H2,1H3. The molecule has 3 heteroatoms. The summed E-state index contributed by atoms with van der Waals surface area (Å²) in [6, 6.07) is 19.1. The minimum atomic E-state index is 0.128. The zero-order valence-corrected chi connectivity index (χ0v) is 13.3. The average molecular weight is 336 g/mol. The van der Waals surface area contributed by atoms with Gasteiger partial charge in [0.15, 0.2) is 0 Å². The van der Waals surface area contributed by atoms with Crippen molar-refractivity contribution in [3.63, 3.8) is 0 Å². The molecule has 2 atom stereocenters. The second-order valence-corrected chi connectivity index (χ2v) is 6.68. The molecule has 2 aromatic rings. The van der Waals surface area contributed by atoms with E-state index in [0.717, 1.165) is 10.2 Å². The molecule has 2 rings (SSSR count). The van der Waals surface area contributed by atoms with E-state index in [2.05, 4.69) is 65.3 Å². The van der Waals surface area contributed by atoms with Crippen LogP contribution in [0.25, 0.3) is 0 Å². The molecule has 0 aromatic heterocycles. The first kappa shape index (κ1) is 14.6. The molecule has 0 spiro atoms. The Balaban J connectivity index is 2.09. The van der Waals surface area contributed by atoms with Crippen LogP contribution in [0.15, 0.2) is 59.1 Å². The van der Waals surface area contributed by atoms with Gasteiger partial charge in [0.1, 0.15) is 0 Å². The molecule has 0 bridgehead atoms. The quantitative estimate of drug-likeness (QED) is 0.851. The molecule has 100 valence electrons. The van der Waals surface area contributed by atoms with Crippen LogP contribution in [-0.4, -0.2) is 6.04 Å². The minimum Gasteiger partial charge on any atom is -0.327 e. The number of thioether (sulfide) groups is 1. The van der Waals surface area contributed by atoms with Crippen LogP contribution in [0.3, 0.4) is 0 Å². The van der Waals surface area contributed by atoms with Crippen molar-refractivity contribution in [2.75, 3.05) is 0 Å². The summed E-state index contributed by atoms with van der Waals surface area (Å²) in [7, 11) is 0. The molecule has 0 radical (unpaired) electrons. The Kier molecular flexibility index (Phi) is 5.49. The van der Waals surface area contributed by atoms with Gasteiger partial charge in [0, 0.05) is 21.5 Å². The first-order chi connectivity index (χ1) is 9.16. The lowest BCUT2D eigenvalue weighted by molar-refractivity contribution is 0.721. The van der Waals surface area contributed by atoms with Crippen LogP contribution >= 0.6 is 27.7 Å². The first-order valence-electron chi connectivity index (χ1n) is 6.33. The highest BCUT2D eigenvalue weighted by molar-refractivity contribution is 9.10. The van der Waals surface area contributed by atoms with Gasteiger partial charge < -0.3 is 5.73 Å². The van der Waals surface area contributed by atoms with E-state index in [9.17, 15) is 0 Å². The van der Waals surface area contributed by atoms with Gasteiger partial charge in [-0.1, -0.05) is 58.4 Å². The Morgan fingerprint density at radius 2 is 1.84 bits per heavy atom. The van der Waals surface area contributed by atoms with Crippen LogP contribution in [-0.2, 0) is 5.75 Å². The van der Waals surface area contributed by atoms with Crippen molar-refractivity contribution in [3.8, 4) is 0 Å². The number of benzene rings is 2. The van der Waals surface area contributed by atoms with Crippen LogP contribution in [0.2, 0.25) is 0 Å². The summed E-state index contributed by atoms with van der Waals surface area (Å²) in [5.74, 6) is 0.986. The highest BCUT2D eigenvalue weighted by Gasteiger charge is 2.17. The second-order valence-electron chi connectivity index (χ2n) is 4.63. The molecule has 1 nitrogen and oxygen atoms in total. The molecular formula is C16H18BrNS. The third-order valence-corrected chi connectivity index (χ3v) is 4.98. The summed E-state index contributed by atoms with van der Waals surface area (Å²) in [6.07, 6.45) is 0. The van der Waals surface area contributed by atoms with E-state index in [0.29, 0.717) is 5.25 Å². The van der Waals surface area contributed by atoms with E-state index in [1.807, 2.05) is 23.9 Å². The largest absolute Gasteiger partial charge is 0.327 e. The summed E-state index contributed by atoms with van der Waals surface area (Å²) in [6.45, 7) is 2.07. The smallest absolute Gasteiger partial charge is 0.0449 e. The molecule has 2 unspecified atom stereocenters. The summed E-state index contributed by atoms with van der Waals surface area (Å²) in [5, 5.41) is 0.317. The monoisotopic (exact) mass is 335 g/mol. The fourth-order valence-corrected chi connectivity index (χ4v) is 3.62. The lowest BCUT2D eigenvalue weighted by Gasteiger charge is -2.21. The molecule has 0 aliphatic rings. The van der Waals surface area contributed by atoms with E-state index in [4.69, 9.17) is 5.73 Å². The lowest BCUT2D eigenvalue weighted by atomic mass is 10.1. The molecule has 0 heterocycles. The van der Waals surface area contributed by atoms with Gasteiger partial charge in [-0.05, 0) is 30.2 Å². The molecule has 0 saturated carbocycles. The van der Waals surface area contributed by atoms with Gasteiger partial charge in [-0.25, -0.2) is 0 Å². The van der Waals surface area contributed by atoms with Gasteiger partial charge in [-0.3, -0.25) is 0 Å². The minimum absolute atomic E-state index is 0.128. The maximum Gasteiger partial charge on any atom is 0.0449 e. The molecule has 0 saturated heterocycles. The normalized spacial score (nSPS) is 14.1. The fraction of sp³-hybridized carbons (Fsp3) is 0.250. The second kappa shape index (κ2) is 7.13. The van der Waals surface area contributed by atoms with Crippen molar-refractivity contribution in [1.29, 1.82) is 0 Å². The fourth-order valence-electron chi connectivity index (χ4n) is 2.00. The van der Waals surface area contributed by atoms with E-state index >= 15 is 0 Å². The Morgan fingerprint density at radius 1 is 1.11 bits per heavy atom. The predicted octanol–water partition coefficient (Wildman–Crippen LogP) is 4.77. The van der Waals surface area contributed by atoms with Crippen molar-refractivity contribution in [2.24, 2.45) is 5.73 Å². The highest BCUT2D eigenvalue weighted by Crippen LogP contribution is 2.34. The summed E-state index contributed by atoms with van der Waals surface area (Å²) in [4.78, 5) is 0. The molecule has 0 fully saturated rings. The SMILES string of the molecule is CC(N)C(SCc1ccccc1)c1cccc(Br)c1. The Hall–Kier alpha value is -0.770. The molecule has 0 aliphatic carbocycles. The van der Waals surface area contributed by atoms with Crippen molar-refractivity contribution >= 4 is 27.7 Å². The van der Waals surface area contributed by atoms with Gasteiger partial charge in [0.05, 0.1) is 0 Å². The van der Waals surface area contributed by atoms with Crippen molar-refractivity contribution < 1.29 is 0 Å². The van der Waals surface area contributed by atoms with E-state index in [1.54, 1.807) is 0 Å². The van der Waals surface area contributed by atoms with Crippen molar-refractivity contribution in [2.45, 2.75) is 24.0 Å². The van der Waals surface area contributed by atoms with Gasteiger partial charge >= 0.3 is 0 Å². The predicted molar refractivity (Wildman–Crippen MR) is 88.3 cm³/mol. The summed E-state index contributed by atoms with van der Waals surface area (Å²) in [5.41, 5.74) is 8.77. The zero-order valence-electron chi connectivity index (χ0n) is 10.9. The van der Waals surface area contributed by atoms with Gasteiger partial charge in [-0.2, -0.15) is 0 Å². The maximum absolute atomic E-state index is 6.15. The average Bonchev–Trinajstić information content (AvgIpc) is 2.40. The number of nitrogens with two attached hydrogens (primary N) is 1. The van der Waals surface area contributed by atoms with Crippen LogP contribution in [0, 0.1) is 0 Å². The summed E-state index contributed by atoms with van der Waals surface area (Å²) >= 11 is 5.42.